The minimum atomic E-state index is 0.462. The molecule has 2 aromatic carbocycles. The van der Waals surface area contributed by atoms with Gasteiger partial charge in [-0.15, -0.1) is 0 Å². The maximum Gasteiger partial charge on any atom is 0.163 e. The van der Waals surface area contributed by atoms with Crippen LogP contribution in [0.25, 0.3) is 34.3 Å². The average Bonchev–Trinajstić information content (AvgIpc) is 3.12. The van der Waals surface area contributed by atoms with E-state index in [0.29, 0.717) is 12.4 Å². The van der Waals surface area contributed by atoms with Crippen molar-refractivity contribution in [1.29, 1.82) is 0 Å². The van der Waals surface area contributed by atoms with Crippen LogP contribution >= 0.6 is 0 Å². The molecule has 5 rings (SSSR count). The summed E-state index contributed by atoms with van der Waals surface area (Å²) < 4.78 is 1.91. The number of nitrogens with two attached hydrogens (primary N) is 1. The lowest BCUT2D eigenvalue weighted by Crippen LogP contribution is -2.28. The first kappa shape index (κ1) is 16.7. The smallest absolute Gasteiger partial charge is 0.163 e. The van der Waals surface area contributed by atoms with Crippen LogP contribution in [0, 0.1) is 6.92 Å². The molecule has 0 radical (unpaired) electrons. The first-order valence-electron chi connectivity index (χ1n) is 9.52. The van der Waals surface area contributed by atoms with Crippen LogP contribution in [0.2, 0.25) is 0 Å². The fourth-order valence-electron chi connectivity index (χ4n) is 3.96. The van der Waals surface area contributed by atoms with Gasteiger partial charge in [0.15, 0.2) is 5.65 Å². The molecular formula is C23H21N5. The molecule has 1 aliphatic rings. The topological polar surface area (TPSA) is 69.6 Å². The maximum absolute atomic E-state index is 5.98. The lowest BCUT2D eigenvalue weighted by molar-refractivity contribution is 0.704. The Hall–Kier alpha value is -3.47. The maximum atomic E-state index is 5.98. The molecule has 5 heteroatoms. The first-order valence-corrected chi connectivity index (χ1v) is 9.52. The van der Waals surface area contributed by atoms with Crippen molar-refractivity contribution < 1.29 is 0 Å². The largest absolute Gasteiger partial charge is 0.383 e. The number of hydrogen-bond acceptors (Lipinski definition) is 4. The van der Waals surface area contributed by atoms with Gasteiger partial charge >= 0.3 is 0 Å². The second-order valence-corrected chi connectivity index (χ2v) is 7.24. The molecule has 0 amide bonds. The Labute approximate surface area is 162 Å². The second kappa shape index (κ2) is 6.60. The van der Waals surface area contributed by atoms with Crippen molar-refractivity contribution in [3.05, 3.63) is 70.5 Å². The molecule has 4 aromatic rings. The van der Waals surface area contributed by atoms with E-state index in [1.54, 1.807) is 6.20 Å². The van der Waals surface area contributed by atoms with E-state index in [-0.39, 0.29) is 0 Å². The first-order chi connectivity index (χ1) is 13.7. The highest BCUT2D eigenvalue weighted by Gasteiger charge is 2.13. The molecule has 0 saturated carbocycles. The third-order valence-corrected chi connectivity index (χ3v) is 5.42. The van der Waals surface area contributed by atoms with E-state index in [0.717, 1.165) is 23.9 Å². The molecule has 2 aromatic heterocycles. The van der Waals surface area contributed by atoms with Crippen LogP contribution in [0.1, 0.15) is 24.0 Å². The monoisotopic (exact) mass is 367 g/mol. The average molecular weight is 367 g/mol. The van der Waals surface area contributed by atoms with Crippen LogP contribution in [0.3, 0.4) is 0 Å². The van der Waals surface area contributed by atoms with Gasteiger partial charge in [0.25, 0.3) is 0 Å². The molecule has 2 N–H and O–H groups in total. The lowest BCUT2D eigenvalue weighted by Gasteiger charge is -2.14. The number of aromatic nitrogens is 4. The van der Waals surface area contributed by atoms with E-state index >= 15 is 0 Å². The Balaban J connectivity index is 1.72. The summed E-state index contributed by atoms with van der Waals surface area (Å²) in [5, 5.41) is 7.93. The van der Waals surface area contributed by atoms with Gasteiger partial charge in [0.2, 0.25) is 0 Å². The number of hydrogen-bond donors (Lipinski definition) is 1. The molecule has 0 saturated heterocycles. The molecule has 0 fully saturated rings. The second-order valence-electron chi connectivity index (χ2n) is 7.24. The summed E-state index contributed by atoms with van der Waals surface area (Å²) in [6.45, 7) is 2.79. The summed E-state index contributed by atoms with van der Waals surface area (Å²) in [6, 6.07) is 13.1. The van der Waals surface area contributed by atoms with Gasteiger partial charge in [0, 0.05) is 0 Å². The van der Waals surface area contributed by atoms with Crippen LogP contribution in [-0.2, 0) is 6.54 Å². The zero-order valence-corrected chi connectivity index (χ0v) is 15.8. The Kier molecular flexibility index (Phi) is 3.93. The SMILES string of the molecule is Cc1ccccc1-c1cc2c(cc1Cn1ncc3c(N)ncnc31)=CCCC=2. The van der Waals surface area contributed by atoms with Gasteiger partial charge in [-0.2, -0.15) is 5.10 Å². The number of anilines is 1. The number of fused-ring (bicyclic) bond motifs is 2. The van der Waals surface area contributed by atoms with Crippen molar-refractivity contribution in [2.45, 2.75) is 26.3 Å². The number of nitrogens with zero attached hydrogens (tertiary/aromatic N) is 4. The number of rotatable bonds is 3. The normalized spacial score (nSPS) is 13.0. The van der Waals surface area contributed by atoms with Crippen LogP contribution in [0.15, 0.2) is 48.9 Å². The minimum Gasteiger partial charge on any atom is -0.383 e. The summed E-state index contributed by atoms with van der Waals surface area (Å²) in [5.41, 5.74) is 11.7. The highest BCUT2D eigenvalue weighted by molar-refractivity contribution is 5.84. The van der Waals surface area contributed by atoms with Gasteiger partial charge in [-0.05, 0) is 64.6 Å². The molecule has 0 atom stereocenters. The summed E-state index contributed by atoms with van der Waals surface area (Å²) in [6.07, 6.45) is 10.1. The third kappa shape index (κ3) is 2.76. The molecule has 0 unspecified atom stereocenters. The molecule has 2 heterocycles. The van der Waals surface area contributed by atoms with E-state index in [2.05, 4.69) is 70.5 Å². The minimum absolute atomic E-state index is 0.462. The quantitative estimate of drug-likeness (QED) is 0.604. The van der Waals surface area contributed by atoms with Crippen molar-refractivity contribution in [2.75, 3.05) is 5.73 Å². The molecule has 0 spiro atoms. The Bertz CT molecular complexity index is 1320. The van der Waals surface area contributed by atoms with E-state index in [4.69, 9.17) is 5.73 Å². The van der Waals surface area contributed by atoms with Crippen LogP contribution in [0.5, 0.6) is 0 Å². The standard InChI is InChI=1S/C23H21N5/c1-15-6-2-5-9-19(15)20-11-17-8-4-3-7-16(17)10-18(20)13-28-23-21(12-27-28)22(24)25-14-26-23/h2,5-12,14H,3-4,13H2,1H3,(H2,24,25,26). The Morgan fingerprint density at radius 3 is 2.61 bits per heavy atom. The molecular weight excluding hydrogens is 346 g/mol. The molecule has 0 bridgehead atoms. The summed E-state index contributed by atoms with van der Waals surface area (Å²) in [5.74, 6) is 0.462. The zero-order chi connectivity index (χ0) is 19.1. The summed E-state index contributed by atoms with van der Waals surface area (Å²) in [7, 11) is 0. The van der Waals surface area contributed by atoms with Crippen molar-refractivity contribution >= 4 is 29.0 Å². The predicted octanol–water partition coefficient (Wildman–Crippen LogP) is 2.79. The van der Waals surface area contributed by atoms with E-state index in [9.17, 15) is 0 Å². The van der Waals surface area contributed by atoms with Crippen molar-refractivity contribution in [1.82, 2.24) is 19.7 Å². The Morgan fingerprint density at radius 1 is 1.00 bits per heavy atom. The van der Waals surface area contributed by atoms with E-state index < -0.39 is 0 Å². The van der Waals surface area contributed by atoms with E-state index in [1.165, 1.54) is 39.0 Å². The fraction of sp³-hybridized carbons (Fsp3) is 0.174. The molecule has 1 aliphatic carbocycles. The third-order valence-electron chi connectivity index (χ3n) is 5.42. The Morgan fingerprint density at radius 2 is 1.79 bits per heavy atom. The van der Waals surface area contributed by atoms with Crippen LogP contribution in [0.4, 0.5) is 5.82 Å². The highest BCUT2D eigenvalue weighted by atomic mass is 15.3. The van der Waals surface area contributed by atoms with Crippen LogP contribution < -0.4 is 16.2 Å². The number of aryl methyl sites for hydroxylation is 1. The molecule has 28 heavy (non-hydrogen) atoms. The highest BCUT2D eigenvalue weighted by Crippen LogP contribution is 2.27. The van der Waals surface area contributed by atoms with Gasteiger partial charge in [0.05, 0.1) is 18.1 Å². The van der Waals surface area contributed by atoms with Crippen molar-refractivity contribution in [2.24, 2.45) is 0 Å². The molecule has 5 nitrogen and oxygen atoms in total. The fourth-order valence-corrected chi connectivity index (χ4v) is 3.96. The number of benzene rings is 2. The molecule has 0 aliphatic heterocycles. The van der Waals surface area contributed by atoms with Gasteiger partial charge in [-0.25, -0.2) is 14.6 Å². The van der Waals surface area contributed by atoms with Crippen molar-refractivity contribution in [3.63, 3.8) is 0 Å². The number of nitrogen functional groups attached to an aromatic ring is 1. The van der Waals surface area contributed by atoms with Gasteiger partial charge in [-0.3, -0.25) is 0 Å². The van der Waals surface area contributed by atoms with Gasteiger partial charge < -0.3 is 5.73 Å². The lowest BCUT2D eigenvalue weighted by atomic mass is 9.93. The van der Waals surface area contributed by atoms with Gasteiger partial charge in [0.1, 0.15) is 12.1 Å². The van der Waals surface area contributed by atoms with Crippen LogP contribution in [-0.4, -0.2) is 19.7 Å². The molecule has 138 valence electrons. The zero-order valence-electron chi connectivity index (χ0n) is 15.8. The van der Waals surface area contributed by atoms with E-state index in [1.807, 2.05) is 4.68 Å². The van der Waals surface area contributed by atoms with Gasteiger partial charge in [-0.1, -0.05) is 36.4 Å². The van der Waals surface area contributed by atoms with Crippen molar-refractivity contribution in [3.8, 4) is 11.1 Å². The predicted molar refractivity (Wildman–Crippen MR) is 113 cm³/mol. The summed E-state index contributed by atoms with van der Waals surface area (Å²) in [4.78, 5) is 8.47. The summed E-state index contributed by atoms with van der Waals surface area (Å²) >= 11 is 0.